The van der Waals surface area contributed by atoms with E-state index in [4.69, 9.17) is 41.3 Å². The fourth-order valence-corrected chi connectivity index (χ4v) is 3.29. The van der Waals surface area contributed by atoms with Gasteiger partial charge in [-0.3, -0.25) is 0 Å². The average molecular weight is 322 g/mol. The third-order valence-corrected chi connectivity index (χ3v) is 4.17. The van der Waals surface area contributed by atoms with Gasteiger partial charge in [-0.05, 0) is 27.7 Å². The molecule has 0 aromatic rings. The maximum absolute atomic E-state index is 6.01. The Hall–Kier alpha value is -1.12. The van der Waals surface area contributed by atoms with Crippen LogP contribution in [0.15, 0.2) is 0 Å². The summed E-state index contributed by atoms with van der Waals surface area (Å²) in [5.41, 5.74) is -1.20. The van der Waals surface area contributed by atoms with Crippen molar-refractivity contribution < 1.29 is 28.4 Å². The maximum Gasteiger partial charge on any atom is 0.191 e. The predicted octanol–water partition coefficient (Wildman–Crippen LogP) is 1.04. The van der Waals surface area contributed by atoms with Crippen molar-refractivity contribution in [3.63, 3.8) is 0 Å². The molecule has 6 nitrogen and oxygen atoms in total. The van der Waals surface area contributed by atoms with E-state index in [0.717, 1.165) is 0 Å². The number of fused-ring (bicyclic) bond motifs is 1. The summed E-state index contributed by atoms with van der Waals surface area (Å²) in [6.07, 6.45) is 8.93. The van der Waals surface area contributed by atoms with Gasteiger partial charge < -0.3 is 28.4 Å². The van der Waals surface area contributed by atoms with Crippen LogP contribution in [0, 0.1) is 24.7 Å². The highest BCUT2D eigenvalue weighted by molar-refractivity contribution is 5.24. The van der Waals surface area contributed by atoms with E-state index in [1.165, 1.54) is 0 Å². The maximum atomic E-state index is 6.01. The number of hydrogen-bond donors (Lipinski definition) is 0. The molecule has 23 heavy (non-hydrogen) atoms. The van der Waals surface area contributed by atoms with Crippen molar-refractivity contribution in [1.82, 2.24) is 0 Å². The predicted molar refractivity (Wildman–Crippen MR) is 80.0 cm³/mol. The van der Waals surface area contributed by atoms with Crippen molar-refractivity contribution in [3.8, 4) is 24.7 Å². The molecule has 0 amide bonds. The first-order valence-electron chi connectivity index (χ1n) is 7.61. The van der Waals surface area contributed by atoms with Crippen LogP contribution >= 0.6 is 0 Å². The van der Waals surface area contributed by atoms with Crippen molar-refractivity contribution in [2.45, 2.75) is 69.5 Å². The quantitative estimate of drug-likeness (QED) is 0.724. The van der Waals surface area contributed by atoms with Crippen molar-refractivity contribution in [2.75, 3.05) is 13.2 Å². The van der Waals surface area contributed by atoms with Crippen LogP contribution in [0.4, 0.5) is 0 Å². The third kappa shape index (κ3) is 2.77. The fourth-order valence-electron chi connectivity index (χ4n) is 3.29. The Morgan fingerprint density at radius 1 is 1.04 bits per heavy atom. The molecular formula is C17H22O6. The second-order valence-corrected chi connectivity index (χ2v) is 6.78. The van der Waals surface area contributed by atoms with Crippen molar-refractivity contribution in [1.29, 1.82) is 0 Å². The van der Waals surface area contributed by atoms with Crippen molar-refractivity contribution in [3.05, 3.63) is 0 Å². The standard InChI is InChI=1S/C17H22O6/c1-7-9-18-17(8-2)12(11-10-19-15(3,4)21-11)20-14-13(17)22-16(5,6)23-14/h1-2,11-14H,9-10H2,3-6H3/t11-,12-,13+,14-,17-/m1/s1. The second-order valence-electron chi connectivity index (χ2n) is 6.78. The van der Waals surface area contributed by atoms with E-state index in [9.17, 15) is 0 Å². The lowest BCUT2D eigenvalue weighted by molar-refractivity contribution is -0.244. The van der Waals surface area contributed by atoms with Crippen LogP contribution in [0.3, 0.4) is 0 Å². The topological polar surface area (TPSA) is 55.4 Å². The van der Waals surface area contributed by atoms with E-state index in [-0.39, 0.29) is 6.61 Å². The molecule has 0 spiro atoms. The molecule has 3 aliphatic heterocycles. The summed E-state index contributed by atoms with van der Waals surface area (Å²) in [5.74, 6) is 3.61. The van der Waals surface area contributed by atoms with Gasteiger partial charge in [-0.15, -0.1) is 12.8 Å². The summed E-state index contributed by atoms with van der Waals surface area (Å²) in [4.78, 5) is 0. The van der Waals surface area contributed by atoms with Gasteiger partial charge in [-0.2, -0.15) is 0 Å². The van der Waals surface area contributed by atoms with Crippen molar-refractivity contribution >= 4 is 0 Å². The normalized spacial score (nSPS) is 43.7. The lowest BCUT2D eigenvalue weighted by atomic mass is 9.89. The molecule has 3 saturated heterocycles. The van der Waals surface area contributed by atoms with E-state index < -0.39 is 41.8 Å². The molecule has 0 radical (unpaired) electrons. The molecule has 0 aliphatic carbocycles. The van der Waals surface area contributed by atoms with Crippen LogP contribution in [0.2, 0.25) is 0 Å². The lowest BCUT2D eigenvalue weighted by Crippen LogP contribution is -2.55. The molecule has 3 heterocycles. The molecule has 0 aromatic heterocycles. The summed E-state index contributed by atoms with van der Waals surface area (Å²) < 4.78 is 35.1. The van der Waals surface area contributed by atoms with Gasteiger partial charge in [0, 0.05) is 0 Å². The van der Waals surface area contributed by atoms with Crippen LogP contribution in [0.1, 0.15) is 27.7 Å². The molecule has 6 heteroatoms. The Bertz CT molecular complexity index is 556. The highest BCUT2D eigenvalue weighted by Crippen LogP contribution is 2.47. The number of rotatable bonds is 3. The second kappa shape index (κ2) is 5.46. The van der Waals surface area contributed by atoms with Crippen LogP contribution in [-0.2, 0) is 28.4 Å². The minimum atomic E-state index is -1.20. The average Bonchev–Trinajstić information content (AvgIpc) is 3.05. The summed E-state index contributed by atoms with van der Waals surface area (Å²) in [5, 5.41) is 0. The Kier molecular flexibility index (Phi) is 3.97. The van der Waals surface area contributed by atoms with Gasteiger partial charge in [0.2, 0.25) is 0 Å². The van der Waals surface area contributed by atoms with Crippen LogP contribution in [-0.4, -0.2) is 55.0 Å². The Labute approximate surface area is 136 Å². The minimum absolute atomic E-state index is 0.0358. The molecule has 0 bridgehead atoms. The summed E-state index contributed by atoms with van der Waals surface area (Å²) >= 11 is 0. The zero-order valence-electron chi connectivity index (χ0n) is 13.8. The zero-order valence-corrected chi connectivity index (χ0v) is 13.8. The highest BCUT2D eigenvalue weighted by Gasteiger charge is 2.67. The van der Waals surface area contributed by atoms with Gasteiger partial charge in [0.15, 0.2) is 29.6 Å². The van der Waals surface area contributed by atoms with Crippen LogP contribution in [0.5, 0.6) is 0 Å². The third-order valence-electron chi connectivity index (χ3n) is 4.17. The Morgan fingerprint density at radius 3 is 2.35 bits per heavy atom. The summed E-state index contributed by atoms with van der Waals surface area (Å²) in [7, 11) is 0. The molecule has 0 N–H and O–H groups in total. The van der Waals surface area contributed by atoms with Gasteiger partial charge in [-0.25, -0.2) is 0 Å². The first-order chi connectivity index (χ1) is 10.7. The fraction of sp³-hybridized carbons (Fsp3) is 0.765. The molecule has 0 unspecified atom stereocenters. The molecule has 3 fully saturated rings. The van der Waals surface area contributed by atoms with E-state index in [0.29, 0.717) is 6.61 Å². The van der Waals surface area contributed by atoms with E-state index >= 15 is 0 Å². The van der Waals surface area contributed by atoms with E-state index in [1.54, 1.807) is 13.8 Å². The van der Waals surface area contributed by atoms with Gasteiger partial charge in [-0.1, -0.05) is 11.8 Å². The monoisotopic (exact) mass is 322 g/mol. The van der Waals surface area contributed by atoms with E-state index in [2.05, 4.69) is 11.8 Å². The smallest absolute Gasteiger partial charge is 0.191 e. The van der Waals surface area contributed by atoms with Crippen molar-refractivity contribution in [2.24, 2.45) is 0 Å². The Morgan fingerprint density at radius 2 is 1.78 bits per heavy atom. The first-order valence-corrected chi connectivity index (χ1v) is 7.61. The lowest BCUT2D eigenvalue weighted by Gasteiger charge is -2.35. The minimum Gasteiger partial charge on any atom is -0.348 e. The zero-order chi connectivity index (χ0) is 16.9. The number of ether oxygens (including phenoxy) is 6. The van der Waals surface area contributed by atoms with E-state index in [1.807, 2.05) is 13.8 Å². The summed E-state index contributed by atoms with van der Waals surface area (Å²) in [6, 6.07) is 0. The molecule has 5 atom stereocenters. The molecule has 3 rings (SSSR count). The molecular weight excluding hydrogens is 300 g/mol. The Balaban J connectivity index is 1.90. The molecule has 126 valence electrons. The largest absolute Gasteiger partial charge is 0.348 e. The molecule has 3 aliphatic rings. The van der Waals surface area contributed by atoms with Gasteiger partial charge >= 0.3 is 0 Å². The van der Waals surface area contributed by atoms with Gasteiger partial charge in [0.05, 0.1) is 6.61 Å². The first kappa shape index (κ1) is 16.7. The van der Waals surface area contributed by atoms with Crippen LogP contribution < -0.4 is 0 Å². The summed E-state index contributed by atoms with van der Waals surface area (Å²) in [6.45, 7) is 7.63. The van der Waals surface area contributed by atoms with Gasteiger partial charge in [0.1, 0.15) is 18.8 Å². The molecule has 0 saturated carbocycles. The number of terminal acetylenes is 2. The highest BCUT2D eigenvalue weighted by atomic mass is 16.9. The SMILES string of the molecule is C#CCO[C@]1(C#C)[C@@H]([C@H]2COC(C)(C)O2)O[C@@H]2OC(C)(C)O[C@@H]21. The number of hydrogen-bond acceptors (Lipinski definition) is 6. The molecule has 0 aromatic carbocycles. The van der Waals surface area contributed by atoms with Gasteiger partial charge in [0.25, 0.3) is 0 Å². The van der Waals surface area contributed by atoms with Crippen LogP contribution in [0.25, 0.3) is 0 Å².